The quantitative estimate of drug-likeness (QED) is 0.711. The summed E-state index contributed by atoms with van der Waals surface area (Å²) in [5.41, 5.74) is 0.160. The van der Waals surface area contributed by atoms with Gasteiger partial charge in [0.2, 0.25) is 0 Å². The molecule has 2 atom stereocenters. The summed E-state index contributed by atoms with van der Waals surface area (Å²) in [7, 11) is 0. The third kappa shape index (κ3) is 3.81. The zero-order chi connectivity index (χ0) is 12.3. The molecule has 0 spiro atoms. The molecular weight excluding hydrogens is 281 g/mol. The first-order valence-electron chi connectivity index (χ1n) is 5.11. The molecule has 0 heterocycles. The monoisotopic (exact) mass is 294 g/mol. The van der Waals surface area contributed by atoms with Gasteiger partial charge in [-0.2, -0.15) is 13.2 Å². The molecule has 0 N–H and O–H groups in total. The van der Waals surface area contributed by atoms with E-state index in [0.717, 1.165) is 11.6 Å². The molecular formula is C12H14BrF3. The van der Waals surface area contributed by atoms with Crippen molar-refractivity contribution < 1.29 is 13.2 Å². The van der Waals surface area contributed by atoms with Crippen LogP contribution >= 0.6 is 15.9 Å². The molecule has 0 aliphatic carbocycles. The van der Waals surface area contributed by atoms with Crippen LogP contribution in [0.1, 0.15) is 25.0 Å². The Kier molecular flexibility index (Phi) is 4.42. The summed E-state index contributed by atoms with van der Waals surface area (Å²) in [5.74, 6) is 0.309. The summed E-state index contributed by atoms with van der Waals surface area (Å²) in [5, 5.41) is 0. The van der Waals surface area contributed by atoms with Gasteiger partial charge in [-0.05, 0) is 24.0 Å². The molecule has 0 aromatic heterocycles. The fraction of sp³-hybridized carbons (Fsp3) is 0.500. The van der Waals surface area contributed by atoms with Crippen LogP contribution in [-0.2, 0) is 12.6 Å². The number of rotatable bonds is 3. The van der Waals surface area contributed by atoms with Gasteiger partial charge in [0.05, 0.1) is 5.56 Å². The largest absolute Gasteiger partial charge is 0.416 e. The van der Waals surface area contributed by atoms with Gasteiger partial charge >= 0.3 is 6.18 Å². The highest BCUT2D eigenvalue weighted by atomic mass is 79.9. The summed E-state index contributed by atoms with van der Waals surface area (Å²) in [6.45, 7) is 4.01. The number of alkyl halides is 4. The summed E-state index contributed by atoms with van der Waals surface area (Å²) in [4.78, 5) is 0.294. The fourth-order valence-corrected chi connectivity index (χ4v) is 1.60. The lowest BCUT2D eigenvalue weighted by Crippen LogP contribution is -2.11. The molecule has 0 radical (unpaired) electrons. The number of hydrogen-bond acceptors (Lipinski definition) is 0. The first-order chi connectivity index (χ1) is 7.30. The highest BCUT2D eigenvalue weighted by Gasteiger charge is 2.30. The minimum absolute atomic E-state index is 0.294. The average Bonchev–Trinajstić information content (AvgIpc) is 2.16. The van der Waals surface area contributed by atoms with Crippen molar-refractivity contribution in [2.24, 2.45) is 5.92 Å². The van der Waals surface area contributed by atoms with Crippen LogP contribution in [0.5, 0.6) is 0 Å². The van der Waals surface area contributed by atoms with Gasteiger partial charge in [0.25, 0.3) is 0 Å². The third-order valence-corrected chi connectivity index (χ3v) is 3.50. The van der Waals surface area contributed by atoms with Gasteiger partial charge < -0.3 is 0 Å². The first-order valence-corrected chi connectivity index (χ1v) is 6.02. The Hall–Kier alpha value is -0.510. The van der Waals surface area contributed by atoms with Crippen LogP contribution in [0.2, 0.25) is 0 Å². The van der Waals surface area contributed by atoms with E-state index in [1.54, 1.807) is 6.07 Å². The molecule has 0 saturated heterocycles. The molecule has 0 saturated carbocycles. The fourth-order valence-electron chi connectivity index (χ4n) is 1.41. The van der Waals surface area contributed by atoms with E-state index in [0.29, 0.717) is 17.2 Å². The Balaban J connectivity index is 2.83. The van der Waals surface area contributed by atoms with Crippen LogP contribution in [0, 0.1) is 5.92 Å². The van der Waals surface area contributed by atoms with Crippen molar-refractivity contribution in [3.8, 4) is 0 Å². The highest BCUT2D eigenvalue weighted by Crippen LogP contribution is 2.30. The molecule has 16 heavy (non-hydrogen) atoms. The van der Waals surface area contributed by atoms with Crippen molar-refractivity contribution in [2.75, 3.05) is 0 Å². The van der Waals surface area contributed by atoms with Gasteiger partial charge in [-0.25, -0.2) is 0 Å². The molecule has 1 aromatic rings. The van der Waals surface area contributed by atoms with E-state index < -0.39 is 11.7 Å². The van der Waals surface area contributed by atoms with Gasteiger partial charge in [-0.15, -0.1) is 0 Å². The molecule has 0 bridgehead atoms. The molecule has 4 heteroatoms. The molecule has 0 aliphatic rings. The third-order valence-electron chi connectivity index (χ3n) is 2.60. The van der Waals surface area contributed by atoms with Crippen LogP contribution in [0.4, 0.5) is 13.2 Å². The van der Waals surface area contributed by atoms with Crippen LogP contribution in [-0.4, -0.2) is 4.83 Å². The van der Waals surface area contributed by atoms with Crippen molar-refractivity contribution >= 4 is 15.9 Å². The molecule has 0 aliphatic heterocycles. The maximum absolute atomic E-state index is 12.5. The summed E-state index contributed by atoms with van der Waals surface area (Å²) in [6, 6.07) is 5.53. The lowest BCUT2D eigenvalue weighted by molar-refractivity contribution is -0.137. The number of halogens is 4. The molecule has 2 unspecified atom stereocenters. The summed E-state index contributed by atoms with van der Waals surface area (Å²) < 4.78 is 37.4. The van der Waals surface area contributed by atoms with E-state index in [4.69, 9.17) is 0 Å². The molecule has 0 fully saturated rings. The molecule has 1 rings (SSSR count). The van der Waals surface area contributed by atoms with Crippen LogP contribution in [0.25, 0.3) is 0 Å². The Labute approximate surface area is 102 Å². The van der Waals surface area contributed by atoms with Crippen molar-refractivity contribution in [3.63, 3.8) is 0 Å². The second-order valence-corrected chi connectivity index (χ2v) is 5.50. The molecule has 90 valence electrons. The van der Waals surface area contributed by atoms with Gasteiger partial charge in [0.1, 0.15) is 0 Å². The van der Waals surface area contributed by atoms with Gasteiger partial charge in [-0.3, -0.25) is 0 Å². The van der Waals surface area contributed by atoms with Crippen LogP contribution < -0.4 is 0 Å². The lowest BCUT2D eigenvalue weighted by atomic mass is 9.97. The van der Waals surface area contributed by atoms with E-state index in [2.05, 4.69) is 15.9 Å². The molecule has 1 aromatic carbocycles. The van der Waals surface area contributed by atoms with Gasteiger partial charge in [0, 0.05) is 4.83 Å². The summed E-state index contributed by atoms with van der Waals surface area (Å²) >= 11 is 3.43. The van der Waals surface area contributed by atoms with E-state index in [-0.39, 0.29) is 0 Å². The first kappa shape index (κ1) is 13.6. The minimum atomic E-state index is -4.25. The highest BCUT2D eigenvalue weighted by molar-refractivity contribution is 9.09. The molecule has 0 nitrogen and oxygen atoms in total. The predicted molar refractivity (Wildman–Crippen MR) is 62.7 cm³/mol. The normalized spacial score (nSPS) is 15.9. The van der Waals surface area contributed by atoms with E-state index in [1.807, 2.05) is 13.8 Å². The van der Waals surface area contributed by atoms with E-state index >= 15 is 0 Å². The van der Waals surface area contributed by atoms with Crippen molar-refractivity contribution in [3.05, 3.63) is 35.4 Å². The minimum Gasteiger partial charge on any atom is -0.166 e. The standard InChI is InChI=1S/C12H14BrF3/c1-8(9(2)13)6-10-4-3-5-11(7-10)12(14,15)16/h3-5,7-9H,6H2,1-2H3. The van der Waals surface area contributed by atoms with Gasteiger partial charge in [0.15, 0.2) is 0 Å². The average molecular weight is 295 g/mol. The lowest BCUT2D eigenvalue weighted by Gasteiger charge is -2.15. The SMILES string of the molecule is CC(Br)C(C)Cc1cccc(C(F)(F)F)c1. The maximum Gasteiger partial charge on any atom is 0.416 e. The summed E-state index contributed by atoms with van der Waals surface area (Å²) in [6.07, 6.45) is -3.60. The number of hydrogen-bond donors (Lipinski definition) is 0. The van der Waals surface area contributed by atoms with Crippen molar-refractivity contribution in [2.45, 2.75) is 31.3 Å². The van der Waals surface area contributed by atoms with E-state index in [1.165, 1.54) is 12.1 Å². The Morgan fingerprint density at radius 1 is 1.25 bits per heavy atom. The second-order valence-electron chi connectivity index (χ2n) is 4.06. The predicted octanol–water partition coefficient (Wildman–Crippen LogP) is 4.67. The van der Waals surface area contributed by atoms with Crippen molar-refractivity contribution in [1.29, 1.82) is 0 Å². The Morgan fingerprint density at radius 3 is 2.38 bits per heavy atom. The zero-order valence-corrected chi connectivity index (χ0v) is 10.8. The number of benzene rings is 1. The van der Waals surface area contributed by atoms with E-state index in [9.17, 15) is 13.2 Å². The maximum atomic E-state index is 12.5. The zero-order valence-electron chi connectivity index (χ0n) is 9.18. The second kappa shape index (κ2) is 5.21. The smallest absolute Gasteiger partial charge is 0.166 e. The Morgan fingerprint density at radius 2 is 1.88 bits per heavy atom. The topological polar surface area (TPSA) is 0 Å². The van der Waals surface area contributed by atoms with Crippen LogP contribution in [0.15, 0.2) is 24.3 Å². The van der Waals surface area contributed by atoms with Crippen molar-refractivity contribution in [1.82, 2.24) is 0 Å². The molecule has 0 amide bonds. The van der Waals surface area contributed by atoms with Gasteiger partial charge in [-0.1, -0.05) is 48.0 Å². The van der Waals surface area contributed by atoms with Crippen LogP contribution in [0.3, 0.4) is 0 Å². The Bertz CT molecular complexity index is 344.